The Kier molecular flexibility index (Phi) is 12.2. The molecule has 0 saturated heterocycles. The molecule has 0 bridgehead atoms. The van der Waals surface area contributed by atoms with E-state index in [0.717, 1.165) is 52.4 Å². The van der Waals surface area contributed by atoms with Gasteiger partial charge < -0.3 is 10.6 Å². The minimum absolute atomic E-state index is 0.000659. The molecule has 0 saturated carbocycles. The third-order valence-electron chi connectivity index (χ3n) is 9.07. The highest BCUT2D eigenvalue weighted by molar-refractivity contribution is 7.86. The highest BCUT2D eigenvalue weighted by Gasteiger charge is 2.24. The van der Waals surface area contributed by atoms with E-state index in [1.54, 1.807) is 13.0 Å². The molecule has 0 atom stereocenters. The van der Waals surface area contributed by atoms with E-state index in [4.69, 9.17) is 11.6 Å². The first-order valence-electron chi connectivity index (χ1n) is 17.6. The van der Waals surface area contributed by atoms with Gasteiger partial charge in [-0.15, -0.1) is 20.5 Å². The molecule has 5 aromatic carbocycles. The molecule has 316 valence electrons. The van der Waals surface area contributed by atoms with E-state index >= 15 is 0 Å². The SMILES string of the molecule is Cc1c(C#N)c(Nc2ccc(S(=O)(=O)O)cc2)nc(Nc2ccc(S(=O)(=O)O)cc2)c1/N=N/c1sc(/N=N/c2ccc(Cl)c(S(=O)(=O)O)c2)c(-c2ccc3ccccc3c2)c1C#N. The van der Waals surface area contributed by atoms with E-state index in [9.17, 15) is 49.4 Å². The van der Waals surface area contributed by atoms with Crippen LogP contribution in [0.5, 0.6) is 0 Å². The fourth-order valence-electron chi connectivity index (χ4n) is 6.04. The summed E-state index contributed by atoms with van der Waals surface area (Å²) in [5.74, 6) is -0.0610. The van der Waals surface area contributed by atoms with Crippen LogP contribution in [0.2, 0.25) is 5.02 Å². The van der Waals surface area contributed by atoms with Crippen LogP contribution in [0.3, 0.4) is 0 Å². The van der Waals surface area contributed by atoms with Crippen LogP contribution in [0.15, 0.2) is 144 Å². The second kappa shape index (κ2) is 17.4. The van der Waals surface area contributed by atoms with Crippen LogP contribution >= 0.6 is 22.9 Å². The van der Waals surface area contributed by atoms with Gasteiger partial charge in [0, 0.05) is 22.5 Å². The Hall–Kier alpha value is -6.99. The third-order valence-corrected chi connectivity index (χ3v) is 13.1. The molecule has 7 rings (SSSR count). The molecule has 2 aromatic heterocycles. The summed E-state index contributed by atoms with van der Waals surface area (Å²) in [5.41, 5.74) is 1.59. The molecule has 0 aliphatic carbocycles. The van der Waals surface area contributed by atoms with E-state index in [2.05, 4.69) is 48.2 Å². The van der Waals surface area contributed by atoms with Crippen LogP contribution in [0.1, 0.15) is 16.7 Å². The number of hydrogen-bond donors (Lipinski definition) is 5. The van der Waals surface area contributed by atoms with Gasteiger partial charge in [-0.05, 0) is 96.1 Å². The molecule has 0 aliphatic heterocycles. The van der Waals surface area contributed by atoms with Crippen LogP contribution in [0, 0.1) is 29.6 Å². The highest BCUT2D eigenvalue weighted by atomic mass is 35.5. The van der Waals surface area contributed by atoms with Gasteiger partial charge in [0.1, 0.15) is 33.3 Å². The Morgan fingerprint density at radius 2 is 1.21 bits per heavy atom. The molecule has 18 nitrogen and oxygen atoms in total. The maximum Gasteiger partial charge on any atom is 0.296 e. The van der Waals surface area contributed by atoms with Crippen molar-refractivity contribution in [3.63, 3.8) is 0 Å². The van der Waals surface area contributed by atoms with Gasteiger partial charge in [0.25, 0.3) is 30.4 Å². The zero-order valence-electron chi connectivity index (χ0n) is 31.8. The minimum atomic E-state index is -4.71. The average molecular weight is 940 g/mol. The molecule has 2 heterocycles. The number of nitrogens with zero attached hydrogens (tertiary/aromatic N) is 7. The number of azo groups is 2. The molecule has 0 radical (unpaired) electrons. The number of rotatable bonds is 12. The smallest absolute Gasteiger partial charge is 0.296 e. The summed E-state index contributed by atoms with van der Waals surface area (Å²) >= 11 is 6.90. The predicted molar refractivity (Wildman–Crippen MR) is 234 cm³/mol. The van der Waals surface area contributed by atoms with Crippen LogP contribution in [-0.2, 0) is 30.4 Å². The summed E-state index contributed by atoms with van der Waals surface area (Å²) < 4.78 is 99.1. The Morgan fingerprint density at radius 3 is 1.78 bits per heavy atom. The van der Waals surface area contributed by atoms with E-state index in [1.165, 1.54) is 36.4 Å². The second-order valence-electron chi connectivity index (χ2n) is 13.1. The number of pyridine rings is 1. The minimum Gasteiger partial charge on any atom is -0.339 e. The van der Waals surface area contributed by atoms with Gasteiger partial charge in [-0.25, -0.2) is 4.98 Å². The number of fused-ring (bicyclic) bond motifs is 1. The summed E-state index contributed by atoms with van der Waals surface area (Å²) in [4.78, 5) is 3.23. The Labute approximate surface area is 367 Å². The number of aromatic nitrogens is 1. The average Bonchev–Trinajstić information content (AvgIpc) is 3.59. The molecular weight excluding hydrogens is 914 g/mol. The van der Waals surface area contributed by atoms with Crippen LogP contribution in [0.4, 0.5) is 44.4 Å². The summed E-state index contributed by atoms with van der Waals surface area (Å²) in [6.45, 7) is 1.54. The monoisotopic (exact) mass is 939 g/mol. The number of anilines is 4. The van der Waals surface area contributed by atoms with Gasteiger partial charge in [-0.3, -0.25) is 13.7 Å². The molecule has 23 heteroatoms. The van der Waals surface area contributed by atoms with Crippen molar-refractivity contribution < 1.29 is 38.9 Å². The quantitative estimate of drug-likeness (QED) is 0.0562. The van der Waals surface area contributed by atoms with Crippen molar-refractivity contribution >= 4 is 108 Å². The van der Waals surface area contributed by atoms with Crippen molar-refractivity contribution in [1.29, 1.82) is 10.5 Å². The maximum absolute atomic E-state index is 11.9. The highest BCUT2D eigenvalue weighted by Crippen LogP contribution is 2.49. The fourth-order valence-corrected chi connectivity index (χ4v) is 8.91. The Morgan fingerprint density at radius 1 is 0.635 bits per heavy atom. The standard InChI is InChI=1S/C40H26ClN9O9S4/c1-22-31(20-42)37(44-26-8-13-29(14-9-26)61(51,52)53)46-38(45-27-10-15-30(16-11-27)62(54,55)56)36(22)48-49-39-32(21-43)35(25-7-6-23-4-2-3-5-24(23)18-25)40(60-39)50-47-28-12-17-33(41)34(19-28)63(57,58)59/h2-19H,1H3,(H2,44,45,46)(H,51,52,53)(H,54,55,56)(H,57,58,59)/b49-48+,50-47+. The van der Waals surface area contributed by atoms with E-state index < -0.39 is 35.2 Å². The van der Waals surface area contributed by atoms with Gasteiger partial charge in [0.05, 0.1) is 26.1 Å². The first-order chi connectivity index (χ1) is 29.8. The van der Waals surface area contributed by atoms with Crippen molar-refractivity contribution in [2.75, 3.05) is 10.6 Å². The number of nitrogens with one attached hydrogen (secondary N) is 2. The molecule has 5 N–H and O–H groups in total. The summed E-state index contributed by atoms with van der Waals surface area (Å²) in [6, 6.07) is 30.7. The Balaban J connectivity index is 1.38. The van der Waals surface area contributed by atoms with E-state index in [0.29, 0.717) is 11.1 Å². The summed E-state index contributed by atoms with van der Waals surface area (Å²) in [6.07, 6.45) is 0. The lowest BCUT2D eigenvalue weighted by Crippen LogP contribution is -2.05. The molecule has 0 unspecified atom stereocenters. The second-order valence-corrected chi connectivity index (χ2v) is 18.8. The number of hydrogen-bond acceptors (Lipinski definition) is 16. The number of nitriles is 2. The fraction of sp³-hybridized carbons (Fsp3) is 0.0250. The molecule has 0 fully saturated rings. The number of thiophene rings is 1. The molecule has 0 amide bonds. The molecule has 0 spiro atoms. The van der Waals surface area contributed by atoms with E-state index in [1.807, 2.05) is 36.4 Å². The lowest BCUT2D eigenvalue weighted by atomic mass is 10.00. The zero-order chi connectivity index (χ0) is 45.3. The van der Waals surface area contributed by atoms with Crippen molar-refractivity contribution in [3.05, 3.63) is 131 Å². The molecular formula is C40H26ClN9O9S4. The number of halogens is 1. The lowest BCUT2D eigenvalue weighted by Gasteiger charge is -2.16. The largest absolute Gasteiger partial charge is 0.339 e. The van der Waals surface area contributed by atoms with Gasteiger partial charge in [0.2, 0.25) is 0 Å². The van der Waals surface area contributed by atoms with Gasteiger partial charge in [-0.1, -0.05) is 59.3 Å². The molecule has 63 heavy (non-hydrogen) atoms. The summed E-state index contributed by atoms with van der Waals surface area (Å²) in [7, 11) is -13.7. The van der Waals surface area contributed by atoms with Gasteiger partial charge in [-0.2, -0.15) is 35.8 Å². The normalized spacial score (nSPS) is 12.1. The lowest BCUT2D eigenvalue weighted by molar-refractivity contribution is 0.481. The topological polar surface area (TPSA) is 297 Å². The van der Waals surface area contributed by atoms with Crippen molar-refractivity contribution in [1.82, 2.24) is 4.98 Å². The van der Waals surface area contributed by atoms with Gasteiger partial charge >= 0.3 is 0 Å². The number of benzene rings is 5. The molecule has 0 aliphatic rings. The van der Waals surface area contributed by atoms with Crippen molar-refractivity contribution in [3.8, 4) is 23.3 Å². The van der Waals surface area contributed by atoms with Gasteiger partial charge in [0.15, 0.2) is 16.6 Å². The maximum atomic E-state index is 11.9. The first-order valence-corrected chi connectivity index (χ1v) is 23.2. The van der Waals surface area contributed by atoms with Crippen LogP contribution in [-0.4, -0.2) is 43.9 Å². The molecule has 7 aromatic rings. The first kappa shape index (κ1) is 44.1. The predicted octanol–water partition coefficient (Wildman–Crippen LogP) is 10.7. The van der Waals surface area contributed by atoms with Crippen LogP contribution in [0.25, 0.3) is 21.9 Å². The van der Waals surface area contributed by atoms with Crippen molar-refractivity contribution in [2.24, 2.45) is 20.5 Å². The Bertz CT molecular complexity index is 3480. The van der Waals surface area contributed by atoms with Crippen LogP contribution < -0.4 is 10.6 Å². The zero-order valence-corrected chi connectivity index (χ0v) is 35.8. The third kappa shape index (κ3) is 9.74. The van der Waals surface area contributed by atoms with E-state index in [-0.39, 0.29) is 75.9 Å². The summed E-state index contributed by atoms with van der Waals surface area (Å²) in [5, 5.41) is 46.1. The van der Waals surface area contributed by atoms with Crippen molar-refractivity contribution in [2.45, 2.75) is 21.6 Å².